The van der Waals surface area contributed by atoms with Gasteiger partial charge in [-0.2, -0.15) is 23.5 Å². The minimum absolute atomic E-state index is 0.0716. The number of hydrogen-bond acceptors (Lipinski definition) is 4. The molecule has 29 heavy (non-hydrogen) atoms. The van der Waals surface area contributed by atoms with E-state index in [9.17, 15) is 15.0 Å². The van der Waals surface area contributed by atoms with E-state index in [-0.39, 0.29) is 12.0 Å². The summed E-state index contributed by atoms with van der Waals surface area (Å²) in [6.07, 6.45) is 16.7. The van der Waals surface area contributed by atoms with Crippen molar-refractivity contribution in [2.24, 2.45) is 10.8 Å². The first-order valence-electron chi connectivity index (χ1n) is 11.4. The number of hydrogen-bond donors (Lipinski definition) is 2. The van der Waals surface area contributed by atoms with Gasteiger partial charge in [-0.1, -0.05) is 38.8 Å². The quantitative estimate of drug-likeness (QED) is 0.336. The molecule has 2 aliphatic heterocycles. The van der Waals surface area contributed by atoms with Crippen molar-refractivity contribution < 1.29 is 15.0 Å². The molecule has 4 atom stereocenters. The summed E-state index contributed by atoms with van der Waals surface area (Å²) < 4.78 is 0. The normalized spacial score (nSPS) is 28.4. The van der Waals surface area contributed by atoms with Crippen LogP contribution < -0.4 is 0 Å². The summed E-state index contributed by atoms with van der Waals surface area (Å²) in [5, 5.41) is 21.4. The molecule has 0 radical (unpaired) electrons. The summed E-state index contributed by atoms with van der Waals surface area (Å²) >= 11 is 4.26. The minimum Gasteiger partial charge on any atom is -0.481 e. The van der Waals surface area contributed by atoms with Crippen molar-refractivity contribution in [3.63, 3.8) is 0 Å². The van der Waals surface area contributed by atoms with Gasteiger partial charge in [0, 0.05) is 27.6 Å². The molecule has 0 aromatic carbocycles. The second-order valence-corrected chi connectivity index (χ2v) is 13.5. The van der Waals surface area contributed by atoms with Crippen molar-refractivity contribution in [3.05, 3.63) is 12.2 Å². The third kappa shape index (κ3) is 8.86. The van der Waals surface area contributed by atoms with Gasteiger partial charge in [0.1, 0.15) is 0 Å². The zero-order chi connectivity index (χ0) is 21.5. The molecule has 0 aromatic rings. The number of thioether (sulfide) groups is 2. The van der Waals surface area contributed by atoms with Gasteiger partial charge in [-0.15, -0.1) is 0 Å². The number of aliphatic hydroxyl groups excluding tert-OH is 1. The molecule has 0 aliphatic carbocycles. The molecule has 0 spiro atoms. The van der Waals surface area contributed by atoms with E-state index in [1.807, 2.05) is 13.8 Å². The molecule has 2 N–H and O–H groups in total. The molecule has 168 valence electrons. The van der Waals surface area contributed by atoms with Crippen LogP contribution in [-0.4, -0.2) is 43.8 Å². The Balaban J connectivity index is 1.62. The molecule has 2 fully saturated rings. The van der Waals surface area contributed by atoms with E-state index < -0.39 is 11.4 Å². The first-order chi connectivity index (χ1) is 13.6. The molecule has 5 heteroatoms. The van der Waals surface area contributed by atoms with Crippen molar-refractivity contribution >= 4 is 29.5 Å². The molecule has 0 aromatic heterocycles. The molecule has 2 rings (SSSR count). The largest absolute Gasteiger partial charge is 0.481 e. The summed E-state index contributed by atoms with van der Waals surface area (Å²) in [6.45, 7) is 8.26. The molecule has 0 bridgehead atoms. The van der Waals surface area contributed by atoms with E-state index >= 15 is 0 Å². The van der Waals surface area contributed by atoms with Gasteiger partial charge in [-0.05, 0) is 70.6 Å². The smallest absolute Gasteiger partial charge is 0.309 e. The van der Waals surface area contributed by atoms with Gasteiger partial charge < -0.3 is 10.2 Å². The summed E-state index contributed by atoms with van der Waals surface area (Å²) in [7, 11) is 0. The van der Waals surface area contributed by atoms with Gasteiger partial charge in [0.15, 0.2) is 0 Å². The minimum atomic E-state index is -0.679. The van der Waals surface area contributed by atoms with Gasteiger partial charge in [0.2, 0.25) is 0 Å². The van der Waals surface area contributed by atoms with Crippen molar-refractivity contribution in [1.82, 2.24) is 0 Å². The Morgan fingerprint density at radius 1 is 0.897 bits per heavy atom. The predicted octanol–water partition coefficient (Wildman–Crippen LogP) is 6.54. The van der Waals surface area contributed by atoms with E-state index in [1.54, 1.807) is 0 Å². The van der Waals surface area contributed by atoms with E-state index in [0.717, 1.165) is 30.9 Å². The molecule has 3 nitrogen and oxygen atoms in total. The van der Waals surface area contributed by atoms with Crippen LogP contribution in [0.25, 0.3) is 0 Å². The third-order valence-electron chi connectivity index (χ3n) is 6.54. The molecule has 2 heterocycles. The van der Waals surface area contributed by atoms with Crippen LogP contribution in [0.15, 0.2) is 12.2 Å². The van der Waals surface area contributed by atoms with Crippen LogP contribution in [0, 0.1) is 10.8 Å². The molecule has 4 unspecified atom stereocenters. The maximum atomic E-state index is 11.2. The Hall–Kier alpha value is -0.130. The van der Waals surface area contributed by atoms with Gasteiger partial charge >= 0.3 is 5.97 Å². The number of carbonyl (C=O) groups is 1. The lowest BCUT2D eigenvalue weighted by atomic mass is 9.87. The molecule has 2 saturated heterocycles. The van der Waals surface area contributed by atoms with Crippen LogP contribution in [0.5, 0.6) is 0 Å². The Morgan fingerprint density at radius 2 is 1.38 bits per heavy atom. The second-order valence-electron chi connectivity index (χ2n) is 10.4. The second kappa shape index (κ2) is 11.5. The number of rotatable bonds is 12. The lowest BCUT2D eigenvalue weighted by Crippen LogP contribution is -2.23. The van der Waals surface area contributed by atoms with Crippen LogP contribution in [-0.2, 0) is 4.79 Å². The highest BCUT2D eigenvalue weighted by Gasteiger charge is 2.29. The van der Waals surface area contributed by atoms with Crippen molar-refractivity contribution in [1.29, 1.82) is 0 Å². The van der Waals surface area contributed by atoms with Crippen LogP contribution in [0.1, 0.15) is 91.9 Å². The molecule has 2 aliphatic rings. The zero-order valence-corrected chi connectivity index (χ0v) is 20.5. The first-order valence-corrected chi connectivity index (χ1v) is 13.3. The van der Waals surface area contributed by atoms with Crippen molar-refractivity contribution in [2.75, 3.05) is 6.61 Å². The Kier molecular flexibility index (Phi) is 9.95. The van der Waals surface area contributed by atoms with Crippen molar-refractivity contribution in [3.8, 4) is 0 Å². The third-order valence-corrected chi connectivity index (χ3v) is 9.73. The molecular formula is C24H42O3S2. The van der Waals surface area contributed by atoms with Crippen molar-refractivity contribution in [2.45, 2.75) is 113 Å². The van der Waals surface area contributed by atoms with Crippen LogP contribution in [0.3, 0.4) is 0 Å². The molecule has 0 saturated carbocycles. The Bertz CT molecular complexity index is 544. The highest BCUT2D eigenvalue weighted by Crippen LogP contribution is 2.41. The summed E-state index contributed by atoms with van der Waals surface area (Å²) in [5.74, 6) is -0.679. The Labute approximate surface area is 186 Å². The average Bonchev–Trinajstić information content (AvgIpc) is 3.29. The highest BCUT2D eigenvalue weighted by molar-refractivity contribution is 8.01. The maximum Gasteiger partial charge on any atom is 0.309 e. The predicted molar refractivity (Wildman–Crippen MR) is 128 cm³/mol. The van der Waals surface area contributed by atoms with E-state index in [1.165, 1.54) is 38.5 Å². The lowest BCUT2D eigenvalue weighted by Gasteiger charge is -2.22. The van der Waals surface area contributed by atoms with Gasteiger partial charge in [-0.3, -0.25) is 4.79 Å². The van der Waals surface area contributed by atoms with Crippen LogP contribution in [0.4, 0.5) is 0 Å². The maximum absolute atomic E-state index is 11.2. The molecular weight excluding hydrogens is 400 g/mol. The van der Waals surface area contributed by atoms with E-state index in [4.69, 9.17) is 0 Å². The highest BCUT2D eigenvalue weighted by atomic mass is 32.2. The lowest BCUT2D eigenvalue weighted by molar-refractivity contribution is -0.147. The fourth-order valence-corrected chi connectivity index (χ4v) is 7.23. The fraction of sp³-hybridized carbons (Fsp3) is 0.875. The number of aliphatic carboxylic acids is 1. The van der Waals surface area contributed by atoms with Gasteiger partial charge in [0.25, 0.3) is 0 Å². The number of carboxylic acids is 1. The summed E-state index contributed by atoms with van der Waals surface area (Å²) in [5.41, 5.74) is -0.519. The topological polar surface area (TPSA) is 57.5 Å². The van der Waals surface area contributed by atoms with Gasteiger partial charge in [0.05, 0.1) is 5.41 Å². The summed E-state index contributed by atoms with van der Waals surface area (Å²) in [6, 6.07) is 0. The SMILES string of the molecule is CC(C)(CO)CCCC1CCC(C=CC2CCC(CCCC(C)(C)C(=O)O)S2)S1. The van der Waals surface area contributed by atoms with Crippen LogP contribution in [0.2, 0.25) is 0 Å². The Morgan fingerprint density at radius 3 is 1.83 bits per heavy atom. The molecule has 0 amide bonds. The fourth-order valence-electron chi connectivity index (χ4n) is 4.19. The van der Waals surface area contributed by atoms with Crippen LogP contribution >= 0.6 is 23.5 Å². The monoisotopic (exact) mass is 442 g/mol. The first kappa shape index (κ1) is 25.1. The van der Waals surface area contributed by atoms with E-state index in [0.29, 0.717) is 15.7 Å². The zero-order valence-electron chi connectivity index (χ0n) is 18.9. The average molecular weight is 443 g/mol. The number of aliphatic hydroxyl groups is 1. The standard InChI is InChI=1S/C24H42O3S2/c1-23(2,17-25)15-5-7-18-9-11-20(28-18)13-14-21-12-10-19(29-21)8-6-16-24(3,4)22(26)27/h13-14,18-21,25H,5-12,15-17H2,1-4H3,(H,26,27). The van der Waals surface area contributed by atoms with Gasteiger partial charge in [-0.25, -0.2) is 0 Å². The number of carboxylic acid groups (broad SMARTS) is 1. The van der Waals surface area contributed by atoms with E-state index in [2.05, 4.69) is 49.5 Å². The summed E-state index contributed by atoms with van der Waals surface area (Å²) in [4.78, 5) is 11.2.